The Morgan fingerprint density at radius 1 is 0.439 bits per heavy atom. The molecule has 0 aliphatic heterocycles. The molecular formula is C30H60O6P2S2Zn. The van der Waals surface area contributed by atoms with Crippen LogP contribution in [0.2, 0.25) is 0 Å². The van der Waals surface area contributed by atoms with Gasteiger partial charge in [0.2, 0.25) is 0 Å². The van der Waals surface area contributed by atoms with Gasteiger partial charge in [0.25, 0.3) is 0 Å². The zero-order chi connectivity index (χ0) is 30.5. The number of benzene rings is 1. The summed E-state index contributed by atoms with van der Waals surface area (Å²) in [7, 11) is 0. The van der Waals surface area contributed by atoms with Gasteiger partial charge in [-0.25, -0.2) is 0 Å². The van der Waals surface area contributed by atoms with Crippen LogP contribution in [0.3, 0.4) is 0 Å². The van der Waals surface area contributed by atoms with Gasteiger partial charge in [0.05, 0.1) is 0 Å². The molecule has 0 aliphatic rings. The van der Waals surface area contributed by atoms with Crippen LogP contribution < -0.4 is 0 Å². The molecule has 0 radical (unpaired) electrons. The van der Waals surface area contributed by atoms with Crippen LogP contribution in [0, 0.1) is 0 Å². The minimum Gasteiger partial charge on any atom is -0.325 e. The third-order valence-electron chi connectivity index (χ3n) is 6.72. The summed E-state index contributed by atoms with van der Waals surface area (Å²) < 4.78 is 0. The summed E-state index contributed by atoms with van der Waals surface area (Å²) in [5, 5.41) is 0. The van der Waals surface area contributed by atoms with Crippen molar-refractivity contribution in [2.24, 2.45) is 0 Å². The monoisotopic (exact) mass is 706 g/mol. The molecule has 0 aliphatic carbocycles. The van der Waals surface area contributed by atoms with Crippen LogP contribution >= 0.6 is 13.4 Å². The molecule has 1 aromatic rings. The maximum Gasteiger partial charge on any atom is 0.319 e. The fourth-order valence-corrected chi connectivity index (χ4v) is 4.65. The Labute approximate surface area is 275 Å². The Bertz CT molecular complexity index is 698. The van der Waals surface area contributed by atoms with Gasteiger partial charge in [-0.15, -0.1) is 0 Å². The van der Waals surface area contributed by atoms with Crippen LogP contribution in [0.5, 0.6) is 0 Å². The third kappa shape index (κ3) is 48.0. The van der Waals surface area contributed by atoms with E-state index in [1.54, 1.807) is 11.1 Å². The second kappa shape index (κ2) is 32.3. The number of aryl methyl sites for hydroxylation is 2. The van der Waals surface area contributed by atoms with Crippen molar-refractivity contribution in [3.8, 4) is 0 Å². The first-order valence-corrected chi connectivity index (χ1v) is 20.8. The van der Waals surface area contributed by atoms with E-state index in [-0.39, 0.29) is 19.5 Å². The van der Waals surface area contributed by atoms with Crippen molar-refractivity contribution in [3.63, 3.8) is 0 Å². The molecule has 0 amide bonds. The van der Waals surface area contributed by atoms with Gasteiger partial charge in [-0.3, -0.25) is 0 Å². The van der Waals surface area contributed by atoms with Crippen LogP contribution in [-0.4, -0.2) is 29.4 Å². The third-order valence-corrected chi connectivity index (χ3v) is 6.72. The molecular weight excluding hydrogens is 648 g/mol. The van der Waals surface area contributed by atoms with E-state index in [4.69, 9.17) is 29.4 Å². The van der Waals surface area contributed by atoms with E-state index >= 15 is 0 Å². The molecule has 0 bridgehead atoms. The van der Waals surface area contributed by atoms with Crippen molar-refractivity contribution < 1.29 is 48.8 Å². The SMILES string of the molecule is CCCCCCCCCCCCc1ccccc1CCCCCCCCCCCC.OP(O)(O)=S.OP(O)(O)=S.[Zn]. The molecule has 0 atom stereocenters. The van der Waals surface area contributed by atoms with Gasteiger partial charge in [0.1, 0.15) is 0 Å². The molecule has 0 saturated carbocycles. The summed E-state index contributed by atoms with van der Waals surface area (Å²) in [4.78, 5) is 45.3. The van der Waals surface area contributed by atoms with Crippen molar-refractivity contribution in [1.29, 1.82) is 0 Å². The van der Waals surface area contributed by atoms with Crippen LogP contribution in [-0.2, 0) is 55.9 Å². The second-order valence-corrected chi connectivity index (χ2v) is 15.7. The molecule has 11 heteroatoms. The summed E-state index contributed by atoms with van der Waals surface area (Å²) in [5.74, 6) is 0. The van der Waals surface area contributed by atoms with E-state index in [0.717, 1.165) is 0 Å². The van der Waals surface area contributed by atoms with Crippen LogP contribution in [0.25, 0.3) is 0 Å². The number of rotatable bonds is 22. The topological polar surface area (TPSA) is 121 Å². The Kier molecular flexibility index (Phi) is 36.5. The maximum atomic E-state index is 7.56. The Morgan fingerprint density at radius 2 is 0.634 bits per heavy atom. The summed E-state index contributed by atoms with van der Waals surface area (Å²) in [5.41, 5.74) is 3.26. The normalized spacial score (nSPS) is 11.1. The molecule has 41 heavy (non-hydrogen) atoms. The summed E-state index contributed by atoms with van der Waals surface area (Å²) >= 11 is 7.21. The van der Waals surface area contributed by atoms with Gasteiger partial charge < -0.3 is 29.4 Å². The molecule has 0 saturated heterocycles. The zero-order valence-corrected chi connectivity index (χ0v) is 32.4. The first-order chi connectivity index (χ1) is 18.9. The molecule has 6 nitrogen and oxygen atoms in total. The molecule has 1 aromatic carbocycles. The Morgan fingerprint density at radius 3 is 0.854 bits per heavy atom. The standard InChI is InChI=1S/C30H54.2H3O3PS.Zn/c1-3-5-7-9-11-13-15-17-19-21-25-29-27-23-24-28-30(29)26-22-20-18-16-14-12-10-8-6-4-2;2*1-4(2,3)5;/h23-24,27-28H,3-22,25-26H2,1-2H3;2*(H3,1,2,3,5);. The van der Waals surface area contributed by atoms with E-state index in [9.17, 15) is 0 Å². The number of hydrogen-bond acceptors (Lipinski definition) is 2. The van der Waals surface area contributed by atoms with Crippen molar-refractivity contribution in [2.45, 2.75) is 155 Å². The Hall–Kier alpha value is 0.903. The molecule has 0 heterocycles. The first kappa shape index (κ1) is 46.3. The van der Waals surface area contributed by atoms with Crippen LogP contribution in [0.15, 0.2) is 24.3 Å². The van der Waals surface area contributed by atoms with E-state index in [1.807, 2.05) is 0 Å². The van der Waals surface area contributed by atoms with Crippen molar-refractivity contribution in [2.75, 3.05) is 0 Å². The molecule has 0 spiro atoms. The number of unbranched alkanes of at least 4 members (excludes halogenated alkanes) is 18. The van der Waals surface area contributed by atoms with Crippen molar-refractivity contribution in [1.82, 2.24) is 0 Å². The molecule has 0 aromatic heterocycles. The quantitative estimate of drug-likeness (QED) is 0.0401. The summed E-state index contributed by atoms with van der Waals surface area (Å²) in [6.07, 6.45) is 31.2. The average molecular weight is 708 g/mol. The van der Waals surface area contributed by atoms with E-state index in [1.165, 1.54) is 141 Å². The maximum absolute atomic E-state index is 7.56. The molecule has 1 rings (SSSR count). The largest absolute Gasteiger partial charge is 0.325 e. The first-order valence-electron chi connectivity index (χ1n) is 15.5. The van der Waals surface area contributed by atoms with E-state index in [2.05, 4.69) is 61.7 Å². The van der Waals surface area contributed by atoms with Crippen LogP contribution in [0.1, 0.15) is 153 Å². The smallest absolute Gasteiger partial charge is 0.319 e. The average Bonchev–Trinajstić information content (AvgIpc) is 2.85. The van der Waals surface area contributed by atoms with E-state index in [0.29, 0.717) is 0 Å². The van der Waals surface area contributed by atoms with E-state index < -0.39 is 13.4 Å². The summed E-state index contributed by atoms with van der Waals surface area (Å²) in [6, 6.07) is 9.26. The minimum absolute atomic E-state index is 0. The second-order valence-electron chi connectivity index (χ2n) is 10.7. The Balaban J connectivity index is -0.00000112. The van der Waals surface area contributed by atoms with Gasteiger partial charge in [-0.05, 0) is 60.4 Å². The van der Waals surface area contributed by atoms with Crippen molar-refractivity contribution in [3.05, 3.63) is 35.4 Å². The van der Waals surface area contributed by atoms with Crippen LogP contribution in [0.4, 0.5) is 0 Å². The summed E-state index contributed by atoms with van der Waals surface area (Å²) in [6.45, 7) is -3.01. The predicted molar refractivity (Wildman–Crippen MR) is 179 cm³/mol. The van der Waals surface area contributed by atoms with Gasteiger partial charge in [-0.1, -0.05) is 154 Å². The molecule has 6 N–H and O–H groups in total. The fraction of sp³-hybridized carbons (Fsp3) is 0.800. The predicted octanol–water partition coefficient (Wildman–Crippen LogP) is 8.99. The van der Waals surface area contributed by atoms with Gasteiger partial charge in [0.15, 0.2) is 0 Å². The van der Waals surface area contributed by atoms with Gasteiger partial charge >= 0.3 is 13.4 Å². The van der Waals surface area contributed by atoms with Crippen molar-refractivity contribution >= 4 is 37.1 Å². The minimum atomic E-state index is -3.81. The molecule has 0 unspecified atom stereocenters. The van der Waals surface area contributed by atoms with Gasteiger partial charge in [0, 0.05) is 19.5 Å². The molecule has 240 valence electrons. The molecule has 0 fully saturated rings. The zero-order valence-electron chi connectivity index (χ0n) is 26.0. The van der Waals surface area contributed by atoms with Gasteiger partial charge in [-0.2, -0.15) is 0 Å². The number of hydrogen-bond donors (Lipinski definition) is 6. The fourth-order valence-electron chi connectivity index (χ4n) is 4.65.